The van der Waals surface area contributed by atoms with Crippen molar-refractivity contribution < 1.29 is 9.90 Å². The van der Waals surface area contributed by atoms with Gasteiger partial charge >= 0.3 is 5.97 Å². The summed E-state index contributed by atoms with van der Waals surface area (Å²) >= 11 is 1.89. The molecular weight excluding hydrogens is 264 g/mol. The topological polar surface area (TPSA) is 80.9 Å². The Morgan fingerprint density at radius 3 is 2.89 bits per heavy atom. The van der Waals surface area contributed by atoms with Gasteiger partial charge in [0.1, 0.15) is 0 Å². The van der Waals surface area contributed by atoms with Crippen molar-refractivity contribution in [2.24, 2.45) is 5.92 Å². The van der Waals surface area contributed by atoms with E-state index in [0.717, 1.165) is 30.8 Å². The number of hydrogen-bond donors (Lipinski definition) is 1. The molecule has 1 aliphatic carbocycles. The molecule has 0 bridgehead atoms. The van der Waals surface area contributed by atoms with Crippen molar-refractivity contribution in [3.8, 4) is 0 Å². The molecule has 1 aromatic rings. The zero-order valence-corrected chi connectivity index (χ0v) is 11.6. The van der Waals surface area contributed by atoms with Crippen LogP contribution in [0.25, 0.3) is 0 Å². The summed E-state index contributed by atoms with van der Waals surface area (Å²) in [5, 5.41) is 21.4. The molecule has 3 rings (SSSR count). The molecule has 2 unspecified atom stereocenters. The zero-order chi connectivity index (χ0) is 13.2. The average Bonchev–Trinajstić information content (AvgIpc) is 3.14. The molecule has 1 saturated carbocycles. The summed E-state index contributed by atoms with van der Waals surface area (Å²) in [5.74, 6) is 1.69. The van der Waals surface area contributed by atoms with Gasteiger partial charge in [-0.1, -0.05) is 6.42 Å². The molecule has 1 aliphatic heterocycles. The van der Waals surface area contributed by atoms with Crippen LogP contribution in [0, 0.1) is 5.92 Å². The van der Waals surface area contributed by atoms with Crippen LogP contribution in [0.15, 0.2) is 0 Å². The fourth-order valence-electron chi connectivity index (χ4n) is 2.71. The molecule has 2 heterocycles. The highest BCUT2D eigenvalue weighted by Crippen LogP contribution is 2.44. The van der Waals surface area contributed by atoms with Gasteiger partial charge in [0.2, 0.25) is 0 Å². The Balaban J connectivity index is 1.82. The van der Waals surface area contributed by atoms with Crippen LogP contribution in [0.4, 0.5) is 0 Å². The summed E-state index contributed by atoms with van der Waals surface area (Å²) in [6.45, 7) is 0. The molecule has 19 heavy (non-hydrogen) atoms. The Kier molecular flexibility index (Phi) is 3.72. The Bertz CT molecular complexity index is 454. The van der Waals surface area contributed by atoms with Gasteiger partial charge in [-0.3, -0.25) is 4.79 Å². The minimum absolute atomic E-state index is 0.0648. The Morgan fingerprint density at radius 2 is 2.26 bits per heavy atom. The third-order valence-corrected chi connectivity index (χ3v) is 5.22. The molecule has 1 N–H and O–H groups in total. The van der Waals surface area contributed by atoms with Crippen LogP contribution < -0.4 is 0 Å². The lowest BCUT2D eigenvalue weighted by atomic mass is 10.1. The van der Waals surface area contributed by atoms with Gasteiger partial charge in [0.15, 0.2) is 5.82 Å². The van der Waals surface area contributed by atoms with Crippen LogP contribution in [-0.4, -0.2) is 37.0 Å². The SMILES string of the molecule is O=C(O)CC(C1CC1)n1nnnc1C1CCCCS1. The number of carboxylic acids is 1. The van der Waals surface area contributed by atoms with Crippen LogP contribution >= 0.6 is 11.8 Å². The summed E-state index contributed by atoms with van der Waals surface area (Å²) in [6, 6.07) is -0.0648. The molecule has 104 valence electrons. The van der Waals surface area contributed by atoms with Crippen LogP contribution in [0.5, 0.6) is 0 Å². The number of rotatable bonds is 5. The highest BCUT2D eigenvalue weighted by Gasteiger charge is 2.37. The Morgan fingerprint density at radius 1 is 1.42 bits per heavy atom. The number of aliphatic carboxylic acids is 1. The van der Waals surface area contributed by atoms with E-state index in [1.807, 2.05) is 11.8 Å². The van der Waals surface area contributed by atoms with E-state index < -0.39 is 5.97 Å². The van der Waals surface area contributed by atoms with Gasteiger partial charge in [0.25, 0.3) is 0 Å². The number of carboxylic acid groups (broad SMARTS) is 1. The second-order valence-corrected chi connectivity index (χ2v) is 6.65. The maximum absolute atomic E-state index is 11.0. The Labute approximate surface area is 115 Å². The molecule has 2 atom stereocenters. The monoisotopic (exact) mass is 282 g/mol. The number of carbonyl (C=O) groups is 1. The van der Waals surface area contributed by atoms with Crippen molar-refractivity contribution in [1.82, 2.24) is 20.2 Å². The van der Waals surface area contributed by atoms with Crippen molar-refractivity contribution in [3.05, 3.63) is 5.82 Å². The van der Waals surface area contributed by atoms with Crippen LogP contribution in [-0.2, 0) is 4.79 Å². The number of tetrazole rings is 1. The van der Waals surface area contributed by atoms with E-state index in [-0.39, 0.29) is 12.5 Å². The maximum atomic E-state index is 11.0. The molecule has 1 saturated heterocycles. The van der Waals surface area contributed by atoms with E-state index in [9.17, 15) is 4.79 Å². The number of aromatic nitrogens is 4. The molecule has 2 fully saturated rings. The first-order valence-corrected chi connectivity index (χ1v) is 7.91. The van der Waals surface area contributed by atoms with Gasteiger partial charge in [-0.05, 0) is 47.8 Å². The highest BCUT2D eigenvalue weighted by atomic mass is 32.2. The zero-order valence-electron chi connectivity index (χ0n) is 10.7. The minimum atomic E-state index is -0.769. The lowest BCUT2D eigenvalue weighted by Gasteiger charge is -2.23. The van der Waals surface area contributed by atoms with E-state index in [1.165, 1.54) is 12.8 Å². The van der Waals surface area contributed by atoms with Gasteiger partial charge in [-0.25, -0.2) is 4.68 Å². The van der Waals surface area contributed by atoms with E-state index in [1.54, 1.807) is 4.68 Å². The predicted molar refractivity (Wildman–Crippen MR) is 70.9 cm³/mol. The average molecular weight is 282 g/mol. The van der Waals surface area contributed by atoms with Crippen LogP contribution in [0.1, 0.15) is 55.6 Å². The number of nitrogens with zero attached hydrogens (tertiary/aromatic N) is 4. The van der Waals surface area contributed by atoms with Gasteiger partial charge < -0.3 is 5.11 Å². The van der Waals surface area contributed by atoms with Crippen molar-refractivity contribution >= 4 is 17.7 Å². The summed E-state index contributed by atoms with van der Waals surface area (Å²) in [6.07, 6.45) is 5.86. The van der Waals surface area contributed by atoms with E-state index in [0.29, 0.717) is 11.2 Å². The van der Waals surface area contributed by atoms with Crippen LogP contribution in [0.3, 0.4) is 0 Å². The summed E-state index contributed by atoms with van der Waals surface area (Å²) < 4.78 is 1.80. The number of hydrogen-bond acceptors (Lipinski definition) is 5. The molecule has 0 radical (unpaired) electrons. The van der Waals surface area contributed by atoms with E-state index >= 15 is 0 Å². The molecule has 1 aromatic heterocycles. The second kappa shape index (κ2) is 5.48. The molecule has 0 amide bonds. The van der Waals surface area contributed by atoms with Crippen molar-refractivity contribution in [3.63, 3.8) is 0 Å². The quantitative estimate of drug-likeness (QED) is 0.890. The molecule has 0 spiro atoms. The van der Waals surface area contributed by atoms with Gasteiger partial charge in [0.05, 0.1) is 17.7 Å². The minimum Gasteiger partial charge on any atom is -0.481 e. The number of thioether (sulfide) groups is 1. The molecule has 2 aliphatic rings. The lowest BCUT2D eigenvalue weighted by molar-refractivity contribution is -0.138. The highest BCUT2D eigenvalue weighted by molar-refractivity contribution is 7.99. The maximum Gasteiger partial charge on any atom is 0.305 e. The standard InChI is InChI=1S/C12H18N4O2S/c17-11(18)7-9(8-4-5-8)16-12(13-14-15-16)10-3-1-2-6-19-10/h8-10H,1-7H2,(H,17,18). The first-order valence-electron chi connectivity index (χ1n) is 6.87. The summed E-state index contributed by atoms with van der Waals surface area (Å²) in [7, 11) is 0. The summed E-state index contributed by atoms with van der Waals surface area (Å²) in [5.41, 5.74) is 0. The normalized spacial score (nSPS) is 25.2. The van der Waals surface area contributed by atoms with Gasteiger partial charge in [-0.2, -0.15) is 11.8 Å². The van der Waals surface area contributed by atoms with Gasteiger partial charge in [0, 0.05) is 0 Å². The van der Waals surface area contributed by atoms with Crippen molar-refractivity contribution in [1.29, 1.82) is 0 Å². The van der Waals surface area contributed by atoms with Crippen molar-refractivity contribution in [2.45, 2.75) is 49.8 Å². The summed E-state index contributed by atoms with van der Waals surface area (Å²) in [4.78, 5) is 11.0. The predicted octanol–water partition coefficient (Wildman–Crippen LogP) is 2.06. The smallest absolute Gasteiger partial charge is 0.305 e. The van der Waals surface area contributed by atoms with E-state index in [4.69, 9.17) is 5.11 Å². The lowest BCUT2D eigenvalue weighted by Crippen LogP contribution is -2.21. The second-order valence-electron chi connectivity index (χ2n) is 5.34. The fraction of sp³-hybridized carbons (Fsp3) is 0.833. The third-order valence-electron chi connectivity index (χ3n) is 3.85. The first-order chi connectivity index (χ1) is 9.25. The Hall–Kier alpha value is -1.11. The van der Waals surface area contributed by atoms with Gasteiger partial charge in [-0.15, -0.1) is 5.10 Å². The fourth-order valence-corrected chi connectivity index (χ4v) is 4.00. The first kappa shape index (κ1) is 12.9. The molecular formula is C12H18N4O2S. The largest absolute Gasteiger partial charge is 0.481 e. The molecule has 0 aromatic carbocycles. The van der Waals surface area contributed by atoms with Crippen LogP contribution in [0.2, 0.25) is 0 Å². The van der Waals surface area contributed by atoms with E-state index in [2.05, 4.69) is 15.5 Å². The molecule has 7 heteroatoms. The van der Waals surface area contributed by atoms with Crippen molar-refractivity contribution in [2.75, 3.05) is 5.75 Å². The molecule has 6 nitrogen and oxygen atoms in total. The third kappa shape index (κ3) is 2.91.